The van der Waals surface area contributed by atoms with Gasteiger partial charge in [0.15, 0.2) is 11.4 Å². The van der Waals surface area contributed by atoms with Gasteiger partial charge in [0, 0.05) is 6.54 Å². The number of hydrogen-bond acceptors (Lipinski definition) is 5. The van der Waals surface area contributed by atoms with E-state index in [9.17, 15) is 4.79 Å². The summed E-state index contributed by atoms with van der Waals surface area (Å²) < 4.78 is 7.40. The number of hydrogen-bond donors (Lipinski definition) is 2. The largest absolute Gasteiger partial charge is 0.490 e. The van der Waals surface area contributed by atoms with Crippen molar-refractivity contribution in [2.75, 3.05) is 25.0 Å². The van der Waals surface area contributed by atoms with Gasteiger partial charge in [-0.3, -0.25) is 9.48 Å². The first-order valence-electron chi connectivity index (χ1n) is 9.01. The van der Waals surface area contributed by atoms with Gasteiger partial charge in [-0.25, -0.2) is 0 Å². The van der Waals surface area contributed by atoms with Crippen LogP contribution in [0.25, 0.3) is 0 Å². The molecular weight excluding hydrogens is 389 g/mol. The maximum Gasteiger partial charge on any atom is 0.277 e. The smallest absolute Gasteiger partial charge is 0.277 e. The predicted molar refractivity (Wildman–Crippen MR) is 108 cm³/mol. The van der Waals surface area contributed by atoms with E-state index in [1.807, 2.05) is 6.92 Å². The van der Waals surface area contributed by atoms with E-state index in [0.717, 1.165) is 32.5 Å². The van der Waals surface area contributed by atoms with E-state index in [-0.39, 0.29) is 24.0 Å². The number of anilines is 1. The second-order valence-corrected chi connectivity index (χ2v) is 6.86. The van der Waals surface area contributed by atoms with E-state index < -0.39 is 0 Å². The fourth-order valence-corrected chi connectivity index (χ4v) is 3.21. The number of amides is 1. The van der Waals surface area contributed by atoms with Crippen molar-refractivity contribution in [1.29, 1.82) is 0 Å². The van der Waals surface area contributed by atoms with E-state index >= 15 is 0 Å². The first-order valence-corrected chi connectivity index (χ1v) is 9.38. The Morgan fingerprint density at radius 3 is 3.07 bits per heavy atom. The van der Waals surface area contributed by atoms with Crippen LogP contribution < -0.4 is 15.4 Å². The molecule has 27 heavy (non-hydrogen) atoms. The molecule has 1 aromatic heterocycles. The minimum atomic E-state index is -0.332. The van der Waals surface area contributed by atoms with Crippen LogP contribution in [0.15, 0.2) is 24.4 Å². The summed E-state index contributed by atoms with van der Waals surface area (Å²) in [6.45, 7) is 5.34. The van der Waals surface area contributed by atoms with Crippen molar-refractivity contribution in [3.8, 4) is 5.75 Å². The highest BCUT2D eigenvalue weighted by Gasteiger charge is 2.18. The van der Waals surface area contributed by atoms with Crippen molar-refractivity contribution in [2.24, 2.45) is 5.92 Å². The summed E-state index contributed by atoms with van der Waals surface area (Å²) in [6.07, 6.45) is 4.86. The summed E-state index contributed by atoms with van der Waals surface area (Å²) in [7, 11) is 0. The highest BCUT2D eigenvalue weighted by atomic mass is 35.5. The fourth-order valence-electron chi connectivity index (χ4n) is 2.98. The maximum atomic E-state index is 12.5. The Morgan fingerprint density at radius 2 is 2.33 bits per heavy atom. The molecule has 2 aromatic rings. The van der Waals surface area contributed by atoms with Crippen molar-refractivity contribution in [3.05, 3.63) is 35.1 Å². The molecule has 3 rings (SSSR count). The summed E-state index contributed by atoms with van der Waals surface area (Å²) in [6, 6.07) is 5.26. The van der Waals surface area contributed by atoms with Crippen LogP contribution in [0.3, 0.4) is 0 Å². The number of halogens is 2. The number of piperidine rings is 1. The molecule has 1 aliphatic rings. The normalized spacial score (nSPS) is 16.4. The molecule has 9 heteroatoms. The Hall–Kier alpha value is -1.83. The SMILES string of the molecule is CCCOc1c(Cl)cccc1NC(=O)c1cn(CC2CCCNC2)nn1.Cl. The van der Waals surface area contributed by atoms with E-state index in [1.54, 1.807) is 29.1 Å². The number of para-hydroxylation sites is 1. The van der Waals surface area contributed by atoms with E-state index in [1.165, 1.54) is 6.42 Å². The molecule has 0 radical (unpaired) electrons. The highest BCUT2D eigenvalue weighted by Crippen LogP contribution is 2.33. The Morgan fingerprint density at radius 1 is 1.48 bits per heavy atom. The zero-order valence-corrected chi connectivity index (χ0v) is 16.9. The maximum absolute atomic E-state index is 12.5. The molecule has 7 nitrogen and oxygen atoms in total. The van der Waals surface area contributed by atoms with Crippen molar-refractivity contribution in [3.63, 3.8) is 0 Å². The molecule has 0 spiro atoms. The van der Waals surface area contributed by atoms with Gasteiger partial charge in [-0.05, 0) is 50.4 Å². The topological polar surface area (TPSA) is 81.1 Å². The standard InChI is InChI=1S/C18H24ClN5O2.ClH/c1-2-9-26-17-14(19)6-3-7-15(17)21-18(25)16-12-24(23-22-16)11-13-5-4-8-20-10-13;/h3,6-7,12-13,20H,2,4-5,8-11H2,1H3,(H,21,25);1H. The monoisotopic (exact) mass is 413 g/mol. The number of nitrogens with one attached hydrogen (secondary N) is 2. The highest BCUT2D eigenvalue weighted by molar-refractivity contribution is 6.32. The van der Waals surface area contributed by atoms with Gasteiger partial charge in [0.1, 0.15) is 0 Å². The van der Waals surface area contributed by atoms with Crippen molar-refractivity contribution in [1.82, 2.24) is 20.3 Å². The third kappa shape index (κ3) is 5.82. The van der Waals surface area contributed by atoms with Crippen LogP contribution in [-0.4, -0.2) is 40.6 Å². The van der Waals surface area contributed by atoms with Crippen LogP contribution in [0, 0.1) is 5.92 Å². The molecule has 1 aliphatic heterocycles. The number of aromatic nitrogens is 3. The van der Waals surface area contributed by atoms with Gasteiger partial charge in [0.05, 0.1) is 23.5 Å². The van der Waals surface area contributed by atoms with Gasteiger partial charge < -0.3 is 15.4 Å². The number of ether oxygens (including phenoxy) is 1. The van der Waals surface area contributed by atoms with Crippen molar-refractivity contribution in [2.45, 2.75) is 32.7 Å². The average Bonchev–Trinajstić information content (AvgIpc) is 3.11. The predicted octanol–water partition coefficient (Wildman–Crippen LogP) is 3.39. The summed E-state index contributed by atoms with van der Waals surface area (Å²) in [5, 5.41) is 14.7. The quantitative estimate of drug-likeness (QED) is 0.726. The second kappa shape index (κ2) is 10.5. The van der Waals surface area contributed by atoms with Crippen molar-refractivity contribution >= 4 is 35.6 Å². The Bertz CT molecular complexity index is 747. The Balaban J connectivity index is 0.00000261. The lowest BCUT2D eigenvalue weighted by Crippen LogP contribution is -2.32. The summed E-state index contributed by atoms with van der Waals surface area (Å²) in [4.78, 5) is 12.5. The molecule has 1 atom stereocenters. The third-order valence-electron chi connectivity index (χ3n) is 4.28. The zero-order chi connectivity index (χ0) is 18.4. The van der Waals surface area contributed by atoms with Gasteiger partial charge in [-0.15, -0.1) is 17.5 Å². The second-order valence-electron chi connectivity index (χ2n) is 6.46. The van der Waals surface area contributed by atoms with Crippen LogP contribution >= 0.6 is 24.0 Å². The van der Waals surface area contributed by atoms with Crippen LogP contribution in [-0.2, 0) is 6.54 Å². The lowest BCUT2D eigenvalue weighted by atomic mass is 10.00. The molecular formula is C18H25Cl2N5O2. The van der Waals surface area contributed by atoms with Gasteiger partial charge in [0.2, 0.25) is 0 Å². The minimum Gasteiger partial charge on any atom is -0.490 e. The van der Waals surface area contributed by atoms with Crippen LogP contribution in [0.1, 0.15) is 36.7 Å². The lowest BCUT2D eigenvalue weighted by Gasteiger charge is -2.22. The van der Waals surface area contributed by atoms with E-state index in [4.69, 9.17) is 16.3 Å². The number of rotatable bonds is 7. The van der Waals surface area contributed by atoms with Gasteiger partial charge in [-0.2, -0.15) is 0 Å². The lowest BCUT2D eigenvalue weighted by molar-refractivity contribution is 0.102. The molecule has 1 unspecified atom stereocenters. The molecule has 0 aliphatic carbocycles. The minimum absolute atomic E-state index is 0. The van der Waals surface area contributed by atoms with Crippen LogP contribution in [0.5, 0.6) is 5.75 Å². The molecule has 1 amide bonds. The fraction of sp³-hybridized carbons (Fsp3) is 0.500. The van der Waals surface area contributed by atoms with Crippen molar-refractivity contribution < 1.29 is 9.53 Å². The molecule has 0 bridgehead atoms. The molecule has 1 aromatic carbocycles. The summed E-state index contributed by atoms with van der Waals surface area (Å²) in [5.41, 5.74) is 0.803. The number of benzene rings is 1. The molecule has 1 saturated heterocycles. The van der Waals surface area contributed by atoms with E-state index in [2.05, 4.69) is 20.9 Å². The number of carbonyl (C=O) groups excluding carboxylic acids is 1. The van der Waals surface area contributed by atoms with E-state index in [0.29, 0.717) is 29.0 Å². The molecule has 2 heterocycles. The van der Waals surface area contributed by atoms with Crippen LogP contribution in [0.4, 0.5) is 5.69 Å². The first kappa shape index (κ1) is 21.5. The first-order chi connectivity index (χ1) is 12.7. The summed E-state index contributed by atoms with van der Waals surface area (Å²) in [5.74, 6) is 0.662. The zero-order valence-electron chi connectivity index (χ0n) is 15.3. The van der Waals surface area contributed by atoms with Crippen LogP contribution in [0.2, 0.25) is 5.02 Å². The number of nitrogens with zero attached hydrogens (tertiary/aromatic N) is 3. The average molecular weight is 414 g/mol. The third-order valence-corrected chi connectivity index (χ3v) is 4.58. The molecule has 2 N–H and O–H groups in total. The number of carbonyl (C=O) groups is 1. The van der Waals surface area contributed by atoms with Gasteiger partial charge in [-0.1, -0.05) is 29.8 Å². The molecule has 0 saturated carbocycles. The Kier molecular flexibility index (Phi) is 8.34. The Labute approximate surface area is 170 Å². The van der Waals surface area contributed by atoms with Gasteiger partial charge >= 0.3 is 0 Å². The molecule has 1 fully saturated rings. The summed E-state index contributed by atoms with van der Waals surface area (Å²) >= 11 is 6.19. The molecule has 148 valence electrons. The van der Waals surface area contributed by atoms with Gasteiger partial charge in [0.25, 0.3) is 5.91 Å².